The number of hydrogen-bond donors (Lipinski definition) is 3. The van der Waals surface area contributed by atoms with Gasteiger partial charge in [0.25, 0.3) is 0 Å². The fraction of sp³-hybridized carbons (Fsp3) is 0.583. The Labute approximate surface area is 135 Å². The van der Waals surface area contributed by atoms with E-state index in [-0.39, 0.29) is 18.2 Å². The molecule has 120 valence electrons. The molecule has 22 heavy (non-hydrogen) atoms. The number of carbonyl (C=O) groups is 3. The van der Waals surface area contributed by atoms with Crippen LogP contribution in [0.4, 0.5) is 4.79 Å². The van der Waals surface area contributed by atoms with Crippen LogP contribution >= 0.6 is 23.1 Å². The summed E-state index contributed by atoms with van der Waals surface area (Å²) >= 11 is 3.15. The molecule has 1 aliphatic rings. The van der Waals surface area contributed by atoms with Crippen LogP contribution in [-0.2, 0) is 9.59 Å². The van der Waals surface area contributed by atoms with Crippen molar-refractivity contribution >= 4 is 40.9 Å². The zero-order valence-electron chi connectivity index (χ0n) is 12.0. The van der Waals surface area contributed by atoms with E-state index in [9.17, 15) is 14.4 Å². The van der Waals surface area contributed by atoms with Gasteiger partial charge in [0.1, 0.15) is 11.0 Å². The van der Waals surface area contributed by atoms with Crippen molar-refractivity contribution in [2.45, 2.75) is 36.6 Å². The molecule has 10 heteroatoms. The van der Waals surface area contributed by atoms with Crippen molar-refractivity contribution in [3.8, 4) is 0 Å². The molecule has 2 rings (SSSR count). The third-order valence-corrected chi connectivity index (χ3v) is 4.95. The molecule has 8 nitrogen and oxygen atoms in total. The molecule has 3 N–H and O–H groups in total. The number of carbonyl (C=O) groups excluding carboxylic acids is 3. The lowest BCUT2D eigenvalue weighted by molar-refractivity contribution is -0.123. The van der Waals surface area contributed by atoms with Crippen molar-refractivity contribution in [1.82, 2.24) is 26.1 Å². The lowest BCUT2D eigenvalue weighted by atomic mass is 10.1. The maximum Gasteiger partial charge on any atom is 0.322 e. The van der Waals surface area contributed by atoms with Crippen molar-refractivity contribution < 1.29 is 14.4 Å². The third kappa shape index (κ3) is 5.26. The summed E-state index contributed by atoms with van der Waals surface area (Å²) in [6.07, 6.45) is 1.25. The van der Waals surface area contributed by atoms with E-state index >= 15 is 0 Å². The minimum Gasteiger partial charge on any atom is -0.354 e. The maximum absolute atomic E-state index is 11.9. The standard InChI is InChI=1S/C12H17N5O3S2/c1-7-16-17-12(22-7)21-6-2-5-13-10(19)8-3-4-9(18)15-11(20)14-8/h8H,2-6H2,1H3,(H,13,19)(H2,14,15,18,20). The second kappa shape index (κ2) is 8.08. The second-order valence-corrected chi connectivity index (χ2v) is 7.22. The van der Waals surface area contributed by atoms with Gasteiger partial charge in [0.15, 0.2) is 4.34 Å². The molecule has 1 aromatic rings. The van der Waals surface area contributed by atoms with E-state index in [0.717, 1.165) is 21.5 Å². The first-order valence-corrected chi connectivity index (χ1v) is 8.66. The number of thioether (sulfide) groups is 1. The van der Waals surface area contributed by atoms with Crippen LogP contribution in [0.2, 0.25) is 0 Å². The SMILES string of the molecule is Cc1nnc(SCCCNC(=O)C2CCC(=O)NC(=O)N2)s1. The predicted octanol–water partition coefficient (Wildman–Crippen LogP) is 0.433. The number of imide groups is 1. The highest BCUT2D eigenvalue weighted by Crippen LogP contribution is 2.21. The van der Waals surface area contributed by atoms with Crippen LogP contribution in [-0.4, -0.2) is 46.4 Å². The van der Waals surface area contributed by atoms with Crippen molar-refractivity contribution in [3.05, 3.63) is 5.01 Å². The van der Waals surface area contributed by atoms with Crippen LogP contribution in [0.15, 0.2) is 4.34 Å². The topological polar surface area (TPSA) is 113 Å². The molecule has 0 spiro atoms. The van der Waals surface area contributed by atoms with Crippen LogP contribution in [0.25, 0.3) is 0 Å². The Bertz CT molecular complexity index is 563. The normalized spacial score (nSPS) is 18.3. The highest BCUT2D eigenvalue weighted by Gasteiger charge is 2.25. The van der Waals surface area contributed by atoms with Crippen LogP contribution in [0.1, 0.15) is 24.3 Å². The minimum absolute atomic E-state index is 0.156. The summed E-state index contributed by atoms with van der Waals surface area (Å²) < 4.78 is 0.921. The molecule has 0 bridgehead atoms. The first-order chi connectivity index (χ1) is 10.5. The molecule has 1 aromatic heterocycles. The predicted molar refractivity (Wildman–Crippen MR) is 82.7 cm³/mol. The minimum atomic E-state index is -0.662. The highest BCUT2D eigenvalue weighted by atomic mass is 32.2. The Balaban J connectivity index is 1.64. The van der Waals surface area contributed by atoms with Crippen molar-refractivity contribution in [2.75, 3.05) is 12.3 Å². The maximum atomic E-state index is 11.9. The fourth-order valence-corrected chi connectivity index (χ4v) is 3.66. The molecule has 1 fully saturated rings. The van der Waals surface area contributed by atoms with Gasteiger partial charge in [-0.05, 0) is 19.8 Å². The molecule has 1 atom stereocenters. The lowest BCUT2D eigenvalue weighted by Crippen LogP contribution is -2.48. The summed E-state index contributed by atoms with van der Waals surface area (Å²) in [6.45, 7) is 2.42. The second-order valence-electron chi connectivity index (χ2n) is 4.69. The van der Waals surface area contributed by atoms with Gasteiger partial charge in [-0.2, -0.15) is 0 Å². The Morgan fingerprint density at radius 2 is 2.27 bits per heavy atom. The molecular weight excluding hydrogens is 326 g/mol. The fourth-order valence-electron chi connectivity index (χ4n) is 1.83. The lowest BCUT2D eigenvalue weighted by Gasteiger charge is -2.14. The van der Waals surface area contributed by atoms with Gasteiger partial charge >= 0.3 is 6.03 Å². The number of nitrogens with one attached hydrogen (secondary N) is 3. The monoisotopic (exact) mass is 343 g/mol. The van der Waals surface area contributed by atoms with Crippen molar-refractivity contribution in [2.24, 2.45) is 0 Å². The molecular formula is C12H17N5O3S2. The molecule has 1 unspecified atom stereocenters. The molecule has 1 aliphatic heterocycles. The van der Waals surface area contributed by atoms with Crippen LogP contribution in [0.5, 0.6) is 0 Å². The van der Waals surface area contributed by atoms with Gasteiger partial charge in [0.2, 0.25) is 11.8 Å². The Hall–Kier alpha value is -1.68. The van der Waals surface area contributed by atoms with E-state index in [0.29, 0.717) is 13.0 Å². The Kier molecular flexibility index (Phi) is 6.13. The summed E-state index contributed by atoms with van der Waals surface area (Å²) in [5.74, 6) is 0.199. The molecule has 0 aliphatic carbocycles. The number of aryl methyl sites for hydroxylation is 1. The number of aromatic nitrogens is 2. The average Bonchev–Trinajstić information content (AvgIpc) is 2.79. The number of nitrogens with zero attached hydrogens (tertiary/aromatic N) is 2. The number of amides is 4. The number of rotatable bonds is 6. The summed E-state index contributed by atoms with van der Waals surface area (Å²) in [5.41, 5.74) is 0. The van der Waals surface area contributed by atoms with Crippen molar-refractivity contribution in [3.63, 3.8) is 0 Å². The first kappa shape index (κ1) is 16.7. The van der Waals surface area contributed by atoms with Crippen molar-refractivity contribution in [1.29, 1.82) is 0 Å². The van der Waals surface area contributed by atoms with E-state index in [1.54, 1.807) is 23.1 Å². The zero-order valence-corrected chi connectivity index (χ0v) is 13.7. The zero-order chi connectivity index (χ0) is 15.9. The van der Waals surface area contributed by atoms with Gasteiger partial charge in [-0.3, -0.25) is 14.9 Å². The van der Waals surface area contributed by atoms with Gasteiger partial charge in [0.05, 0.1) is 0 Å². The van der Waals surface area contributed by atoms with E-state index in [1.807, 2.05) is 6.92 Å². The number of urea groups is 1. The van der Waals surface area contributed by atoms with Gasteiger partial charge in [-0.1, -0.05) is 23.1 Å². The first-order valence-electron chi connectivity index (χ1n) is 6.85. The van der Waals surface area contributed by atoms with Crippen LogP contribution < -0.4 is 16.0 Å². The Morgan fingerprint density at radius 1 is 1.45 bits per heavy atom. The Morgan fingerprint density at radius 3 is 3.00 bits per heavy atom. The van der Waals surface area contributed by atoms with Gasteiger partial charge in [0, 0.05) is 18.7 Å². The molecule has 0 saturated carbocycles. The molecule has 2 heterocycles. The molecule has 4 amide bonds. The molecule has 0 aromatic carbocycles. The summed E-state index contributed by atoms with van der Waals surface area (Å²) in [4.78, 5) is 34.4. The quantitative estimate of drug-likeness (QED) is 0.510. The summed E-state index contributed by atoms with van der Waals surface area (Å²) in [5, 5.41) is 16.3. The van der Waals surface area contributed by atoms with E-state index in [4.69, 9.17) is 0 Å². The van der Waals surface area contributed by atoms with E-state index in [2.05, 4.69) is 26.1 Å². The highest BCUT2D eigenvalue weighted by molar-refractivity contribution is 8.01. The van der Waals surface area contributed by atoms with Gasteiger partial charge < -0.3 is 10.6 Å². The van der Waals surface area contributed by atoms with E-state index < -0.39 is 12.1 Å². The van der Waals surface area contributed by atoms with Crippen LogP contribution in [0, 0.1) is 6.92 Å². The largest absolute Gasteiger partial charge is 0.354 e. The smallest absolute Gasteiger partial charge is 0.322 e. The van der Waals surface area contributed by atoms with Gasteiger partial charge in [-0.15, -0.1) is 10.2 Å². The molecule has 1 saturated heterocycles. The summed E-state index contributed by atoms with van der Waals surface area (Å²) in [7, 11) is 0. The van der Waals surface area contributed by atoms with Crippen LogP contribution in [0.3, 0.4) is 0 Å². The van der Waals surface area contributed by atoms with Gasteiger partial charge in [-0.25, -0.2) is 4.79 Å². The van der Waals surface area contributed by atoms with E-state index in [1.165, 1.54) is 0 Å². The molecule has 0 radical (unpaired) electrons. The summed E-state index contributed by atoms with van der Waals surface area (Å²) in [6, 6.07) is -1.28. The number of hydrogen-bond acceptors (Lipinski definition) is 7. The third-order valence-electron chi connectivity index (χ3n) is 2.89. The average molecular weight is 343 g/mol.